The van der Waals surface area contributed by atoms with Crippen LogP contribution in [0.1, 0.15) is 41.0 Å². The molecule has 1 saturated heterocycles. The van der Waals surface area contributed by atoms with Crippen LogP contribution < -0.4 is 0 Å². The molecule has 0 aromatic rings. The van der Waals surface area contributed by atoms with Crippen molar-refractivity contribution in [2.45, 2.75) is 64.8 Å². The number of aliphatic hydroxyl groups excluding tert-OH is 1. The Balaban J connectivity index is 2.86. The normalized spacial score (nSPS) is 27.3. The molecule has 3 atom stereocenters. The van der Waals surface area contributed by atoms with Gasteiger partial charge < -0.3 is 14.6 Å². The van der Waals surface area contributed by atoms with Crippen LogP contribution in [0.15, 0.2) is 0 Å². The van der Waals surface area contributed by atoms with Gasteiger partial charge >= 0.3 is 12.1 Å². The molecule has 6 heteroatoms. The van der Waals surface area contributed by atoms with Gasteiger partial charge in [-0.05, 0) is 34.6 Å². The second-order valence-electron chi connectivity index (χ2n) is 5.70. The van der Waals surface area contributed by atoms with Crippen LogP contribution in [0.5, 0.6) is 0 Å². The number of carbonyl (C=O) groups excluding carboxylic acids is 2. The van der Waals surface area contributed by atoms with Crippen molar-refractivity contribution in [2.24, 2.45) is 0 Å². The van der Waals surface area contributed by atoms with Crippen LogP contribution in [0, 0.1) is 0 Å². The van der Waals surface area contributed by atoms with E-state index in [1.807, 2.05) is 0 Å². The quantitative estimate of drug-likeness (QED) is 0.768. The summed E-state index contributed by atoms with van der Waals surface area (Å²) in [5, 5.41) is 9.85. The molecule has 6 nitrogen and oxygen atoms in total. The lowest BCUT2D eigenvalue weighted by Crippen LogP contribution is -2.47. The Morgan fingerprint density at radius 1 is 1.37 bits per heavy atom. The molecule has 0 aliphatic carbocycles. The molecule has 1 aliphatic rings. The Morgan fingerprint density at radius 2 is 1.95 bits per heavy atom. The van der Waals surface area contributed by atoms with Gasteiger partial charge in [-0.2, -0.15) is 0 Å². The predicted molar refractivity (Wildman–Crippen MR) is 68.6 cm³/mol. The van der Waals surface area contributed by atoms with E-state index in [1.54, 1.807) is 34.6 Å². The molecule has 1 heterocycles. The lowest BCUT2D eigenvalue weighted by Gasteiger charge is -2.30. The van der Waals surface area contributed by atoms with Crippen LogP contribution in [0.2, 0.25) is 0 Å². The van der Waals surface area contributed by atoms with E-state index in [0.29, 0.717) is 0 Å². The average Bonchev–Trinajstić information content (AvgIpc) is 2.53. The molecule has 0 bridgehead atoms. The van der Waals surface area contributed by atoms with Crippen molar-refractivity contribution in [1.29, 1.82) is 0 Å². The molecule has 110 valence electrons. The highest BCUT2D eigenvalue weighted by Crippen LogP contribution is 2.27. The summed E-state index contributed by atoms with van der Waals surface area (Å²) in [4.78, 5) is 25.2. The standard InChI is InChI=1S/C13H23NO5/c1-6-18-11(16)9-7-10(15)8(2)14(9)12(17)19-13(3,4)5/h8-10,15H,6-7H2,1-5H3. The number of hydrogen-bond acceptors (Lipinski definition) is 5. The van der Waals surface area contributed by atoms with Gasteiger partial charge in [0.2, 0.25) is 0 Å². The topological polar surface area (TPSA) is 76.1 Å². The van der Waals surface area contributed by atoms with E-state index >= 15 is 0 Å². The van der Waals surface area contributed by atoms with Gasteiger partial charge in [-0.15, -0.1) is 0 Å². The first-order valence-electron chi connectivity index (χ1n) is 6.53. The number of amides is 1. The van der Waals surface area contributed by atoms with Crippen molar-refractivity contribution in [1.82, 2.24) is 4.90 Å². The minimum atomic E-state index is -0.778. The Hall–Kier alpha value is -1.30. The summed E-state index contributed by atoms with van der Waals surface area (Å²) in [7, 11) is 0. The molecule has 19 heavy (non-hydrogen) atoms. The number of rotatable bonds is 2. The lowest BCUT2D eigenvalue weighted by atomic mass is 10.1. The summed E-state index contributed by atoms with van der Waals surface area (Å²) in [6.07, 6.45) is -1.17. The molecule has 0 aromatic carbocycles. The van der Waals surface area contributed by atoms with Gasteiger partial charge in [-0.25, -0.2) is 9.59 Å². The first-order valence-corrected chi connectivity index (χ1v) is 6.53. The molecule has 1 amide bonds. The molecule has 1 rings (SSSR count). The molecule has 1 aliphatic heterocycles. The SMILES string of the molecule is CCOC(=O)C1CC(O)C(C)N1C(=O)OC(C)(C)C. The summed E-state index contributed by atoms with van der Waals surface area (Å²) in [6, 6.07) is -1.25. The summed E-state index contributed by atoms with van der Waals surface area (Å²) >= 11 is 0. The maximum Gasteiger partial charge on any atom is 0.411 e. The number of esters is 1. The van der Waals surface area contributed by atoms with Gasteiger partial charge in [-0.1, -0.05) is 0 Å². The Morgan fingerprint density at radius 3 is 2.42 bits per heavy atom. The first-order chi connectivity index (χ1) is 8.67. The second-order valence-corrected chi connectivity index (χ2v) is 5.70. The maximum atomic E-state index is 12.1. The molecule has 1 N–H and O–H groups in total. The Bertz CT molecular complexity index is 349. The first kappa shape index (κ1) is 15.8. The van der Waals surface area contributed by atoms with E-state index in [2.05, 4.69) is 0 Å². The van der Waals surface area contributed by atoms with Gasteiger partial charge in [0.25, 0.3) is 0 Å². The van der Waals surface area contributed by atoms with Crippen molar-refractivity contribution in [2.75, 3.05) is 6.61 Å². The smallest absolute Gasteiger partial charge is 0.411 e. The van der Waals surface area contributed by atoms with Crippen LogP contribution in [-0.2, 0) is 14.3 Å². The van der Waals surface area contributed by atoms with Gasteiger partial charge in [0, 0.05) is 6.42 Å². The molecule has 0 radical (unpaired) electrons. The average molecular weight is 273 g/mol. The number of likely N-dealkylation sites (tertiary alicyclic amines) is 1. The monoisotopic (exact) mass is 273 g/mol. The van der Waals surface area contributed by atoms with Gasteiger partial charge in [0.05, 0.1) is 18.8 Å². The molecule has 0 saturated carbocycles. The second kappa shape index (κ2) is 5.77. The third kappa shape index (κ3) is 3.83. The zero-order chi connectivity index (χ0) is 14.8. The van der Waals surface area contributed by atoms with Crippen LogP contribution in [0.25, 0.3) is 0 Å². The van der Waals surface area contributed by atoms with Gasteiger partial charge in [0.15, 0.2) is 0 Å². The van der Waals surface area contributed by atoms with Crippen LogP contribution in [0.3, 0.4) is 0 Å². The Kier molecular flexibility index (Phi) is 4.79. The van der Waals surface area contributed by atoms with Gasteiger partial charge in [-0.3, -0.25) is 4.90 Å². The Labute approximate surface area is 113 Å². The van der Waals surface area contributed by atoms with Crippen LogP contribution >= 0.6 is 0 Å². The number of hydrogen-bond donors (Lipinski definition) is 1. The lowest BCUT2D eigenvalue weighted by molar-refractivity contribution is -0.148. The number of ether oxygens (including phenoxy) is 2. The number of aliphatic hydroxyl groups is 1. The van der Waals surface area contributed by atoms with E-state index in [4.69, 9.17) is 9.47 Å². The molecular formula is C13H23NO5. The highest BCUT2D eigenvalue weighted by molar-refractivity contribution is 5.82. The minimum Gasteiger partial charge on any atom is -0.464 e. The molecule has 0 aromatic heterocycles. The maximum absolute atomic E-state index is 12.1. The fraction of sp³-hybridized carbons (Fsp3) is 0.846. The molecule has 0 spiro atoms. The zero-order valence-corrected chi connectivity index (χ0v) is 12.2. The fourth-order valence-electron chi connectivity index (χ4n) is 2.06. The summed E-state index contributed by atoms with van der Waals surface area (Å²) in [6.45, 7) is 8.88. The van der Waals surface area contributed by atoms with E-state index in [-0.39, 0.29) is 13.0 Å². The van der Waals surface area contributed by atoms with E-state index in [1.165, 1.54) is 4.90 Å². The molecule has 1 fully saturated rings. The third-order valence-corrected chi connectivity index (χ3v) is 2.96. The van der Waals surface area contributed by atoms with Crippen molar-refractivity contribution in [3.05, 3.63) is 0 Å². The van der Waals surface area contributed by atoms with Crippen molar-refractivity contribution in [3.8, 4) is 0 Å². The van der Waals surface area contributed by atoms with E-state index in [9.17, 15) is 14.7 Å². The highest BCUT2D eigenvalue weighted by atomic mass is 16.6. The number of nitrogens with zero attached hydrogens (tertiary/aromatic N) is 1. The van der Waals surface area contributed by atoms with Crippen molar-refractivity contribution >= 4 is 12.1 Å². The summed E-state index contributed by atoms with van der Waals surface area (Å²) < 4.78 is 10.2. The van der Waals surface area contributed by atoms with Crippen molar-refractivity contribution < 1.29 is 24.2 Å². The number of carbonyl (C=O) groups is 2. The largest absolute Gasteiger partial charge is 0.464 e. The highest BCUT2D eigenvalue weighted by Gasteiger charge is 2.46. The third-order valence-electron chi connectivity index (χ3n) is 2.96. The molecule has 3 unspecified atom stereocenters. The molecular weight excluding hydrogens is 250 g/mol. The minimum absolute atomic E-state index is 0.180. The van der Waals surface area contributed by atoms with Crippen LogP contribution in [0.4, 0.5) is 4.79 Å². The summed E-state index contributed by atoms with van der Waals surface area (Å²) in [5.41, 5.74) is -0.649. The van der Waals surface area contributed by atoms with E-state index < -0.39 is 35.9 Å². The van der Waals surface area contributed by atoms with E-state index in [0.717, 1.165) is 0 Å². The predicted octanol–water partition coefficient (Wildman–Crippen LogP) is 1.31. The fourth-order valence-corrected chi connectivity index (χ4v) is 2.06. The van der Waals surface area contributed by atoms with Gasteiger partial charge in [0.1, 0.15) is 11.6 Å². The van der Waals surface area contributed by atoms with Crippen LogP contribution in [-0.4, -0.2) is 52.5 Å². The zero-order valence-electron chi connectivity index (χ0n) is 12.2. The van der Waals surface area contributed by atoms with Crippen molar-refractivity contribution in [3.63, 3.8) is 0 Å². The summed E-state index contributed by atoms with van der Waals surface area (Å²) in [5.74, 6) is -0.503.